The van der Waals surface area contributed by atoms with Gasteiger partial charge in [0.1, 0.15) is 0 Å². The van der Waals surface area contributed by atoms with Gasteiger partial charge in [0, 0.05) is 0 Å². The molecule has 0 saturated heterocycles. The van der Waals surface area contributed by atoms with Gasteiger partial charge in [0.25, 0.3) is 0 Å². The van der Waals surface area contributed by atoms with E-state index in [1.165, 1.54) is 42.4 Å². The first-order chi connectivity index (χ1) is 8.90. The molecule has 1 aliphatic carbocycles. The molecular formula is C18H22. The van der Waals surface area contributed by atoms with Gasteiger partial charge in [-0.2, -0.15) is 0 Å². The predicted octanol–water partition coefficient (Wildman–Crippen LogP) is 5.48. The predicted molar refractivity (Wildman–Crippen MR) is 79.7 cm³/mol. The van der Waals surface area contributed by atoms with Gasteiger partial charge in [0.05, 0.1) is 0 Å². The highest BCUT2D eigenvalue weighted by Gasteiger charge is 1.95. The number of benzene rings is 2. The molecule has 18 heavy (non-hydrogen) atoms. The highest BCUT2D eigenvalue weighted by Crippen LogP contribution is 2.19. The molecule has 2 aromatic carbocycles. The van der Waals surface area contributed by atoms with Crippen LogP contribution in [0.1, 0.15) is 38.2 Å². The molecule has 0 aliphatic heterocycles. The Morgan fingerprint density at radius 1 is 0.667 bits per heavy atom. The summed E-state index contributed by atoms with van der Waals surface area (Å²) in [4.78, 5) is 0. The van der Waals surface area contributed by atoms with Crippen LogP contribution in [0, 0.1) is 0 Å². The molecule has 0 bridgehead atoms. The first-order valence-corrected chi connectivity index (χ1v) is 7.04. The Kier molecular flexibility index (Phi) is 5.01. The highest BCUT2D eigenvalue weighted by atomic mass is 14.0. The molecule has 2 aromatic rings. The third-order valence-electron chi connectivity index (χ3n) is 3.47. The van der Waals surface area contributed by atoms with Crippen molar-refractivity contribution in [1.29, 1.82) is 0 Å². The molecule has 0 aromatic heterocycles. The van der Waals surface area contributed by atoms with Gasteiger partial charge < -0.3 is 0 Å². The van der Waals surface area contributed by atoms with Crippen LogP contribution in [-0.4, -0.2) is 0 Å². The van der Waals surface area contributed by atoms with Crippen molar-refractivity contribution in [1.82, 2.24) is 0 Å². The Hall–Kier alpha value is -1.56. The van der Waals surface area contributed by atoms with Crippen molar-refractivity contribution in [3.8, 4) is 11.1 Å². The van der Waals surface area contributed by atoms with E-state index >= 15 is 0 Å². The molecule has 1 saturated carbocycles. The molecular weight excluding hydrogens is 216 g/mol. The standard InChI is InChI=1S/C14H14.C4H8/c1-2-12-8-10-14(11-9-12)13-6-4-3-5-7-13;1-2-4-3-1/h3-11H,2H2,1H3;1-4H2. The minimum absolute atomic E-state index is 1.11. The van der Waals surface area contributed by atoms with E-state index in [9.17, 15) is 0 Å². The molecule has 3 rings (SSSR count). The minimum atomic E-state index is 1.11. The molecule has 0 amide bonds. The molecule has 0 heteroatoms. The van der Waals surface area contributed by atoms with Crippen molar-refractivity contribution >= 4 is 0 Å². The van der Waals surface area contributed by atoms with E-state index in [0.29, 0.717) is 0 Å². The largest absolute Gasteiger partial charge is 0.0622 e. The van der Waals surface area contributed by atoms with E-state index in [1.54, 1.807) is 0 Å². The van der Waals surface area contributed by atoms with Gasteiger partial charge in [-0.3, -0.25) is 0 Å². The lowest BCUT2D eigenvalue weighted by molar-refractivity contribution is 0.504. The number of aryl methyl sites for hydroxylation is 1. The first-order valence-electron chi connectivity index (χ1n) is 7.04. The Balaban J connectivity index is 0.000000256. The van der Waals surface area contributed by atoms with Gasteiger partial charge >= 0.3 is 0 Å². The summed E-state index contributed by atoms with van der Waals surface area (Å²) in [5.41, 5.74) is 3.97. The van der Waals surface area contributed by atoms with Crippen LogP contribution in [0.25, 0.3) is 11.1 Å². The lowest BCUT2D eigenvalue weighted by atomic mass is 10.0. The first kappa shape index (κ1) is 12.9. The van der Waals surface area contributed by atoms with E-state index in [-0.39, 0.29) is 0 Å². The Morgan fingerprint density at radius 2 is 1.17 bits per heavy atom. The lowest BCUT2D eigenvalue weighted by Crippen LogP contribution is -1.85. The summed E-state index contributed by atoms with van der Waals surface area (Å²) in [5, 5.41) is 0. The van der Waals surface area contributed by atoms with Crippen molar-refractivity contribution in [3.63, 3.8) is 0 Å². The Labute approximate surface area is 111 Å². The van der Waals surface area contributed by atoms with Crippen LogP contribution < -0.4 is 0 Å². The summed E-state index contributed by atoms with van der Waals surface area (Å²) in [5.74, 6) is 0. The minimum Gasteiger partial charge on any atom is -0.0622 e. The quantitative estimate of drug-likeness (QED) is 0.650. The van der Waals surface area contributed by atoms with Crippen molar-refractivity contribution in [3.05, 3.63) is 60.2 Å². The van der Waals surface area contributed by atoms with Gasteiger partial charge in [-0.05, 0) is 23.1 Å². The zero-order valence-corrected chi connectivity index (χ0v) is 11.2. The van der Waals surface area contributed by atoms with Crippen molar-refractivity contribution in [2.45, 2.75) is 39.0 Å². The van der Waals surface area contributed by atoms with Crippen LogP contribution in [0.2, 0.25) is 0 Å². The lowest BCUT2D eigenvalue weighted by Gasteiger charge is -2.05. The smallest absolute Gasteiger partial charge is 0.0184 e. The molecule has 0 nitrogen and oxygen atoms in total. The normalized spacial score (nSPS) is 13.2. The van der Waals surface area contributed by atoms with Crippen LogP contribution in [0.5, 0.6) is 0 Å². The van der Waals surface area contributed by atoms with Crippen LogP contribution >= 0.6 is 0 Å². The highest BCUT2D eigenvalue weighted by molar-refractivity contribution is 5.63. The third kappa shape index (κ3) is 3.73. The molecule has 0 heterocycles. The summed E-state index contributed by atoms with van der Waals surface area (Å²) in [7, 11) is 0. The van der Waals surface area contributed by atoms with E-state index < -0.39 is 0 Å². The monoisotopic (exact) mass is 238 g/mol. The Bertz CT molecular complexity index is 431. The fourth-order valence-electron chi connectivity index (χ4n) is 1.81. The molecule has 0 unspecified atom stereocenters. The van der Waals surface area contributed by atoms with Gasteiger partial charge in [0.2, 0.25) is 0 Å². The fourth-order valence-corrected chi connectivity index (χ4v) is 1.81. The van der Waals surface area contributed by atoms with Gasteiger partial charge in [-0.25, -0.2) is 0 Å². The average Bonchev–Trinajstić information content (AvgIpc) is 2.38. The maximum Gasteiger partial charge on any atom is -0.0184 e. The average molecular weight is 238 g/mol. The number of rotatable bonds is 2. The SMILES string of the molecule is C1CCC1.CCc1ccc(-c2ccccc2)cc1. The van der Waals surface area contributed by atoms with E-state index in [0.717, 1.165) is 6.42 Å². The molecule has 1 aliphatic rings. The van der Waals surface area contributed by atoms with Gasteiger partial charge in [-0.1, -0.05) is 87.2 Å². The molecule has 0 atom stereocenters. The maximum atomic E-state index is 2.20. The second-order valence-corrected chi connectivity index (χ2v) is 4.83. The summed E-state index contributed by atoms with van der Waals surface area (Å²) in [6.07, 6.45) is 7.11. The molecule has 0 spiro atoms. The summed E-state index contributed by atoms with van der Waals surface area (Å²) < 4.78 is 0. The summed E-state index contributed by atoms with van der Waals surface area (Å²) in [6, 6.07) is 19.2. The van der Waals surface area contributed by atoms with Crippen LogP contribution in [0.3, 0.4) is 0 Å². The van der Waals surface area contributed by atoms with Crippen LogP contribution in [-0.2, 0) is 6.42 Å². The number of hydrogen-bond acceptors (Lipinski definition) is 0. The second-order valence-electron chi connectivity index (χ2n) is 4.83. The second kappa shape index (κ2) is 7.00. The topological polar surface area (TPSA) is 0 Å². The molecule has 1 fully saturated rings. The molecule has 0 N–H and O–H groups in total. The Morgan fingerprint density at radius 3 is 1.61 bits per heavy atom. The zero-order chi connectivity index (χ0) is 12.6. The van der Waals surface area contributed by atoms with E-state index in [1.807, 2.05) is 6.07 Å². The van der Waals surface area contributed by atoms with Gasteiger partial charge in [-0.15, -0.1) is 0 Å². The van der Waals surface area contributed by atoms with Gasteiger partial charge in [0.15, 0.2) is 0 Å². The summed E-state index contributed by atoms with van der Waals surface area (Å²) in [6.45, 7) is 2.18. The van der Waals surface area contributed by atoms with Crippen molar-refractivity contribution in [2.75, 3.05) is 0 Å². The summed E-state index contributed by atoms with van der Waals surface area (Å²) >= 11 is 0. The third-order valence-corrected chi connectivity index (χ3v) is 3.47. The number of hydrogen-bond donors (Lipinski definition) is 0. The zero-order valence-electron chi connectivity index (χ0n) is 11.2. The maximum absolute atomic E-state index is 2.20. The van der Waals surface area contributed by atoms with Crippen LogP contribution in [0.15, 0.2) is 54.6 Å². The molecule has 94 valence electrons. The van der Waals surface area contributed by atoms with Crippen molar-refractivity contribution < 1.29 is 0 Å². The fraction of sp³-hybridized carbons (Fsp3) is 0.333. The van der Waals surface area contributed by atoms with Crippen molar-refractivity contribution in [2.24, 2.45) is 0 Å². The van der Waals surface area contributed by atoms with E-state index in [2.05, 4.69) is 55.5 Å². The molecule has 0 radical (unpaired) electrons. The van der Waals surface area contributed by atoms with E-state index in [4.69, 9.17) is 0 Å². The van der Waals surface area contributed by atoms with Crippen LogP contribution in [0.4, 0.5) is 0 Å².